The van der Waals surface area contributed by atoms with Crippen LogP contribution in [0.3, 0.4) is 0 Å². The van der Waals surface area contributed by atoms with Crippen molar-refractivity contribution in [3.8, 4) is 0 Å². The molecule has 0 radical (unpaired) electrons. The molecule has 0 aromatic carbocycles. The third-order valence-electron chi connectivity index (χ3n) is 1.84. The molecule has 0 unspecified atom stereocenters. The molecule has 0 amide bonds. The lowest BCUT2D eigenvalue weighted by Gasteiger charge is -2.12. The predicted octanol–water partition coefficient (Wildman–Crippen LogP) is 0.841. The molecule has 3 heteroatoms. The molecule has 1 aliphatic heterocycles. The van der Waals surface area contributed by atoms with Crippen molar-refractivity contribution >= 4 is 6.21 Å². The molecule has 1 heterocycles. The zero-order valence-corrected chi connectivity index (χ0v) is 6.87. The number of nitrogens with zero attached hydrogens (tertiary/aromatic N) is 2. The van der Waals surface area contributed by atoms with Gasteiger partial charge in [-0.05, 0) is 19.3 Å². The van der Waals surface area contributed by atoms with Crippen LogP contribution in [0.1, 0.15) is 25.7 Å². The van der Waals surface area contributed by atoms with E-state index in [9.17, 15) is 0 Å². The van der Waals surface area contributed by atoms with Crippen LogP contribution >= 0.6 is 0 Å². The SMILES string of the molecule is OCCCCCN1CCC=N1. The van der Waals surface area contributed by atoms with Crippen LogP contribution in [0.15, 0.2) is 5.10 Å². The van der Waals surface area contributed by atoms with Gasteiger partial charge in [-0.2, -0.15) is 5.10 Å². The molecular weight excluding hydrogens is 140 g/mol. The Hall–Kier alpha value is -0.570. The molecule has 1 aliphatic rings. The molecule has 0 atom stereocenters. The minimum absolute atomic E-state index is 0.323. The second-order valence-corrected chi connectivity index (χ2v) is 2.82. The van der Waals surface area contributed by atoms with Crippen molar-refractivity contribution in [2.24, 2.45) is 5.10 Å². The summed E-state index contributed by atoms with van der Waals surface area (Å²) >= 11 is 0. The number of rotatable bonds is 5. The van der Waals surface area contributed by atoms with Crippen molar-refractivity contribution in [1.82, 2.24) is 5.01 Å². The van der Waals surface area contributed by atoms with Gasteiger partial charge in [0.2, 0.25) is 0 Å². The minimum atomic E-state index is 0.323. The summed E-state index contributed by atoms with van der Waals surface area (Å²) in [6.07, 6.45) is 6.25. The number of hydrogen-bond acceptors (Lipinski definition) is 3. The Morgan fingerprint density at radius 2 is 2.27 bits per heavy atom. The fraction of sp³-hybridized carbons (Fsp3) is 0.875. The number of hydrogen-bond donors (Lipinski definition) is 1. The third-order valence-corrected chi connectivity index (χ3v) is 1.84. The first kappa shape index (κ1) is 8.53. The van der Waals surface area contributed by atoms with Gasteiger partial charge in [-0.3, -0.25) is 5.01 Å². The predicted molar refractivity (Wildman–Crippen MR) is 45.6 cm³/mol. The van der Waals surface area contributed by atoms with Crippen LogP contribution in [-0.2, 0) is 0 Å². The van der Waals surface area contributed by atoms with E-state index in [1.165, 1.54) is 0 Å². The highest BCUT2D eigenvalue weighted by molar-refractivity contribution is 5.58. The first-order valence-corrected chi connectivity index (χ1v) is 4.32. The number of unbranched alkanes of at least 4 members (excludes halogenated alkanes) is 2. The Bertz CT molecular complexity index is 125. The Labute approximate surface area is 67.7 Å². The maximum absolute atomic E-state index is 8.52. The monoisotopic (exact) mass is 156 g/mol. The van der Waals surface area contributed by atoms with Crippen LogP contribution in [0.25, 0.3) is 0 Å². The molecule has 1 rings (SSSR count). The lowest BCUT2D eigenvalue weighted by Crippen LogP contribution is -2.15. The lowest BCUT2D eigenvalue weighted by atomic mass is 10.2. The van der Waals surface area contributed by atoms with E-state index in [1.807, 2.05) is 6.21 Å². The molecule has 0 aromatic rings. The highest BCUT2D eigenvalue weighted by Crippen LogP contribution is 2.03. The molecule has 0 saturated heterocycles. The molecular formula is C8H16N2O. The van der Waals surface area contributed by atoms with Gasteiger partial charge in [-0.1, -0.05) is 0 Å². The molecule has 64 valence electrons. The Balaban J connectivity index is 1.90. The van der Waals surface area contributed by atoms with E-state index >= 15 is 0 Å². The van der Waals surface area contributed by atoms with Crippen molar-refractivity contribution in [2.75, 3.05) is 19.7 Å². The molecule has 0 bridgehead atoms. The quantitative estimate of drug-likeness (QED) is 0.599. The van der Waals surface area contributed by atoms with Gasteiger partial charge in [-0.25, -0.2) is 0 Å². The van der Waals surface area contributed by atoms with Crippen LogP contribution in [0, 0.1) is 0 Å². The molecule has 11 heavy (non-hydrogen) atoms. The second-order valence-electron chi connectivity index (χ2n) is 2.82. The Morgan fingerprint density at radius 1 is 1.36 bits per heavy atom. The van der Waals surface area contributed by atoms with E-state index in [0.29, 0.717) is 6.61 Å². The average Bonchev–Trinajstić information content (AvgIpc) is 2.50. The standard InChI is InChI=1S/C8H16N2O/c11-8-3-1-2-6-10-7-4-5-9-10/h5,11H,1-4,6-8H2. The van der Waals surface area contributed by atoms with Crippen molar-refractivity contribution < 1.29 is 5.11 Å². The molecule has 0 spiro atoms. The van der Waals surface area contributed by atoms with Gasteiger partial charge >= 0.3 is 0 Å². The number of aliphatic hydroxyl groups excluding tert-OH is 1. The maximum atomic E-state index is 8.52. The summed E-state index contributed by atoms with van der Waals surface area (Å²) in [5.74, 6) is 0. The van der Waals surface area contributed by atoms with Crippen LogP contribution < -0.4 is 0 Å². The molecule has 0 aliphatic carbocycles. The summed E-state index contributed by atoms with van der Waals surface area (Å²) in [6, 6.07) is 0. The lowest BCUT2D eigenvalue weighted by molar-refractivity contribution is 0.269. The van der Waals surface area contributed by atoms with Crippen LogP contribution in [0.2, 0.25) is 0 Å². The van der Waals surface area contributed by atoms with E-state index in [1.54, 1.807) is 0 Å². The first-order valence-electron chi connectivity index (χ1n) is 4.32. The molecule has 0 fully saturated rings. The van der Waals surface area contributed by atoms with Crippen LogP contribution in [0.5, 0.6) is 0 Å². The van der Waals surface area contributed by atoms with Gasteiger partial charge in [0.15, 0.2) is 0 Å². The average molecular weight is 156 g/mol. The van der Waals surface area contributed by atoms with E-state index in [4.69, 9.17) is 5.11 Å². The van der Waals surface area contributed by atoms with Crippen molar-refractivity contribution in [3.63, 3.8) is 0 Å². The highest BCUT2D eigenvalue weighted by Gasteiger charge is 2.03. The fourth-order valence-electron chi connectivity index (χ4n) is 1.19. The number of hydrazone groups is 1. The van der Waals surface area contributed by atoms with Crippen molar-refractivity contribution in [1.29, 1.82) is 0 Å². The fourth-order valence-corrected chi connectivity index (χ4v) is 1.19. The summed E-state index contributed by atoms with van der Waals surface area (Å²) in [5, 5.41) is 14.8. The molecule has 0 saturated carbocycles. The highest BCUT2D eigenvalue weighted by atomic mass is 16.2. The largest absolute Gasteiger partial charge is 0.396 e. The Morgan fingerprint density at radius 3 is 2.91 bits per heavy atom. The van der Waals surface area contributed by atoms with Gasteiger partial charge in [-0.15, -0.1) is 0 Å². The van der Waals surface area contributed by atoms with E-state index in [0.717, 1.165) is 38.8 Å². The molecule has 3 nitrogen and oxygen atoms in total. The maximum Gasteiger partial charge on any atom is 0.0431 e. The van der Waals surface area contributed by atoms with Gasteiger partial charge in [0.25, 0.3) is 0 Å². The van der Waals surface area contributed by atoms with E-state index in [2.05, 4.69) is 10.1 Å². The molecule has 0 aromatic heterocycles. The zero-order valence-electron chi connectivity index (χ0n) is 6.87. The second kappa shape index (κ2) is 5.13. The van der Waals surface area contributed by atoms with Gasteiger partial charge in [0.05, 0.1) is 0 Å². The number of aliphatic hydroxyl groups is 1. The van der Waals surface area contributed by atoms with Crippen LogP contribution in [-0.4, -0.2) is 36.0 Å². The summed E-state index contributed by atoms with van der Waals surface area (Å²) < 4.78 is 0. The Kier molecular flexibility index (Phi) is 3.98. The zero-order chi connectivity index (χ0) is 7.94. The smallest absolute Gasteiger partial charge is 0.0431 e. The van der Waals surface area contributed by atoms with E-state index < -0.39 is 0 Å². The molecule has 1 N–H and O–H groups in total. The first-order chi connectivity index (χ1) is 5.43. The van der Waals surface area contributed by atoms with Gasteiger partial charge in [0, 0.05) is 32.3 Å². The van der Waals surface area contributed by atoms with Crippen molar-refractivity contribution in [3.05, 3.63) is 0 Å². The summed E-state index contributed by atoms with van der Waals surface area (Å²) in [6.45, 7) is 2.46. The topological polar surface area (TPSA) is 35.8 Å². The minimum Gasteiger partial charge on any atom is -0.396 e. The summed E-state index contributed by atoms with van der Waals surface area (Å²) in [5.41, 5.74) is 0. The van der Waals surface area contributed by atoms with E-state index in [-0.39, 0.29) is 0 Å². The normalized spacial score (nSPS) is 16.3. The van der Waals surface area contributed by atoms with Gasteiger partial charge in [0.1, 0.15) is 0 Å². The van der Waals surface area contributed by atoms with Gasteiger partial charge < -0.3 is 5.11 Å². The third kappa shape index (κ3) is 3.37. The van der Waals surface area contributed by atoms with Crippen LogP contribution in [0.4, 0.5) is 0 Å². The summed E-state index contributed by atoms with van der Waals surface area (Å²) in [4.78, 5) is 0. The summed E-state index contributed by atoms with van der Waals surface area (Å²) in [7, 11) is 0. The van der Waals surface area contributed by atoms with Crippen molar-refractivity contribution in [2.45, 2.75) is 25.7 Å².